The molecule has 24 heavy (non-hydrogen) atoms. The van der Waals surface area contributed by atoms with Crippen molar-refractivity contribution in [1.82, 2.24) is 4.90 Å². The maximum atomic E-state index is 11.8. The summed E-state index contributed by atoms with van der Waals surface area (Å²) in [5.41, 5.74) is 3.38. The molecule has 2 aromatic rings. The van der Waals surface area contributed by atoms with Crippen LogP contribution in [0.2, 0.25) is 0 Å². The highest BCUT2D eigenvalue weighted by Crippen LogP contribution is 2.36. The van der Waals surface area contributed by atoms with Crippen molar-refractivity contribution in [3.8, 4) is 11.5 Å². The summed E-state index contributed by atoms with van der Waals surface area (Å²) < 4.78 is 16.6. The molecule has 4 rings (SSSR count). The second-order valence-electron chi connectivity index (χ2n) is 6.11. The van der Waals surface area contributed by atoms with E-state index in [9.17, 15) is 4.79 Å². The molecule has 1 fully saturated rings. The summed E-state index contributed by atoms with van der Waals surface area (Å²) in [6.45, 7) is 1.50. The highest BCUT2D eigenvalue weighted by Gasteiger charge is 2.37. The predicted octanol–water partition coefficient (Wildman–Crippen LogP) is 3.15. The van der Waals surface area contributed by atoms with Crippen molar-refractivity contribution in [3.63, 3.8) is 0 Å². The maximum Gasteiger partial charge on any atom is 0.410 e. The number of carbonyl (C=O) groups is 1. The van der Waals surface area contributed by atoms with Gasteiger partial charge in [0.15, 0.2) is 11.5 Å². The van der Waals surface area contributed by atoms with Gasteiger partial charge in [-0.3, -0.25) is 4.90 Å². The minimum atomic E-state index is -0.228. The smallest absolute Gasteiger partial charge is 0.410 e. The van der Waals surface area contributed by atoms with Crippen molar-refractivity contribution >= 4 is 6.09 Å². The van der Waals surface area contributed by atoms with E-state index in [2.05, 4.69) is 0 Å². The van der Waals surface area contributed by atoms with Gasteiger partial charge in [-0.05, 0) is 35.2 Å². The standard InChI is InChI=1S/C19H19NO4/c1-22-17-8-14-7-16-12-24-19(21)20(16)10-15(14)9-18(17)23-11-13-5-3-2-4-6-13/h2-6,8-9,16H,7,10-12H2,1H3. The molecule has 1 saturated heterocycles. The molecule has 1 unspecified atom stereocenters. The largest absolute Gasteiger partial charge is 0.493 e. The molecule has 2 aliphatic rings. The average Bonchev–Trinajstić information content (AvgIpc) is 2.98. The lowest BCUT2D eigenvalue weighted by molar-refractivity contribution is 0.155. The van der Waals surface area contributed by atoms with Crippen LogP contribution in [-0.2, 0) is 24.3 Å². The van der Waals surface area contributed by atoms with Crippen LogP contribution in [0.4, 0.5) is 4.79 Å². The normalized spacial score (nSPS) is 18.6. The number of hydrogen-bond acceptors (Lipinski definition) is 4. The Morgan fingerprint density at radius 2 is 1.96 bits per heavy atom. The first-order valence-corrected chi connectivity index (χ1v) is 8.04. The van der Waals surface area contributed by atoms with Crippen LogP contribution in [0.5, 0.6) is 11.5 Å². The summed E-state index contributed by atoms with van der Waals surface area (Å²) in [6.07, 6.45) is 0.560. The Balaban J connectivity index is 1.59. The van der Waals surface area contributed by atoms with Gasteiger partial charge in [0, 0.05) is 6.54 Å². The fourth-order valence-corrected chi connectivity index (χ4v) is 3.28. The monoisotopic (exact) mass is 325 g/mol. The van der Waals surface area contributed by atoms with Crippen molar-refractivity contribution in [2.75, 3.05) is 13.7 Å². The zero-order chi connectivity index (χ0) is 16.5. The van der Waals surface area contributed by atoms with E-state index in [1.54, 1.807) is 12.0 Å². The van der Waals surface area contributed by atoms with Gasteiger partial charge in [-0.25, -0.2) is 4.79 Å². The number of amides is 1. The van der Waals surface area contributed by atoms with Crippen molar-refractivity contribution in [1.29, 1.82) is 0 Å². The lowest BCUT2D eigenvalue weighted by atomic mass is 9.94. The van der Waals surface area contributed by atoms with Crippen molar-refractivity contribution in [3.05, 3.63) is 59.2 Å². The Hall–Kier alpha value is -2.69. The first-order chi connectivity index (χ1) is 11.7. The number of rotatable bonds is 4. The number of methoxy groups -OCH3 is 1. The molecule has 0 aliphatic carbocycles. The quantitative estimate of drug-likeness (QED) is 0.866. The fraction of sp³-hybridized carbons (Fsp3) is 0.316. The third-order valence-electron chi connectivity index (χ3n) is 4.59. The lowest BCUT2D eigenvalue weighted by Crippen LogP contribution is -2.38. The molecule has 0 aromatic heterocycles. The summed E-state index contributed by atoms with van der Waals surface area (Å²) in [5, 5.41) is 0. The van der Waals surface area contributed by atoms with Crippen molar-refractivity contribution in [2.45, 2.75) is 25.6 Å². The Bertz CT molecular complexity index is 759. The Morgan fingerprint density at radius 3 is 2.75 bits per heavy atom. The minimum absolute atomic E-state index is 0.130. The Kier molecular flexibility index (Phi) is 3.76. The summed E-state index contributed by atoms with van der Waals surface area (Å²) in [5.74, 6) is 1.43. The van der Waals surface area contributed by atoms with Crippen LogP contribution < -0.4 is 9.47 Å². The minimum Gasteiger partial charge on any atom is -0.493 e. The zero-order valence-electron chi connectivity index (χ0n) is 13.5. The molecular formula is C19H19NO4. The van der Waals surface area contributed by atoms with Crippen LogP contribution in [-0.4, -0.2) is 30.8 Å². The molecule has 2 aliphatic heterocycles. The van der Waals surface area contributed by atoms with Crippen LogP contribution in [0.15, 0.2) is 42.5 Å². The van der Waals surface area contributed by atoms with E-state index in [1.165, 1.54) is 5.56 Å². The van der Waals surface area contributed by atoms with Gasteiger partial charge in [-0.15, -0.1) is 0 Å². The number of cyclic esters (lactones) is 1. The molecule has 5 nitrogen and oxygen atoms in total. The Morgan fingerprint density at radius 1 is 1.17 bits per heavy atom. The highest BCUT2D eigenvalue weighted by atomic mass is 16.6. The summed E-state index contributed by atoms with van der Waals surface area (Å²) in [6, 6.07) is 14.1. The highest BCUT2D eigenvalue weighted by molar-refractivity contribution is 5.71. The van der Waals surface area contributed by atoms with E-state index in [-0.39, 0.29) is 12.1 Å². The topological polar surface area (TPSA) is 48.0 Å². The number of carbonyl (C=O) groups excluding carboxylic acids is 1. The molecule has 0 spiro atoms. The number of fused-ring (bicyclic) bond motifs is 2. The summed E-state index contributed by atoms with van der Waals surface area (Å²) in [7, 11) is 1.65. The van der Waals surface area contributed by atoms with Crippen LogP contribution in [0.25, 0.3) is 0 Å². The van der Waals surface area contributed by atoms with Gasteiger partial charge in [-0.2, -0.15) is 0 Å². The number of hydrogen-bond donors (Lipinski definition) is 0. The van der Waals surface area contributed by atoms with Crippen molar-refractivity contribution in [2.24, 2.45) is 0 Å². The molecule has 0 bridgehead atoms. The number of benzene rings is 2. The van der Waals surface area contributed by atoms with E-state index < -0.39 is 0 Å². The molecule has 0 N–H and O–H groups in total. The van der Waals surface area contributed by atoms with Crippen LogP contribution >= 0.6 is 0 Å². The number of ether oxygens (including phenoxy) is 3. The van der Waals surface area contributed by atoms with Gasteiger partial charge < -0.3 is 14.2 Å². The summed E-state index contributed by atoms with van der Waals surface area (Å²) >= 11 is 0. The second kappa shape index (κ2) is 6.07. The molecule has 5 heteroatoms. The van der Waals surface area contributed by atoms with Crippen LogP contribution in [0.3, 0.4) is 0 Å². The van der Waals surface area contributed by atoms with Gasteiger partial charge in [-0.1, -0.05) is 30.3 Å². The van der Waals surface area contributed by atoms with Crippen molar-refractivity contribution < 1.29 is 19.0 Å². The van der Waals surface area contributed by atoms with E-state index in [4.69, 9.17) is 14.2 Å². The van der Waals surface area contributed by atoms with Gasteiger partial charge in [0.05, 0.1) is 13.2 Å². The van der Waals surface area contributed by atoms with Gasteiger partial charge >= 0.3 is 6.09 Å². The molecule has 1 amide bonds. The fourth-order valence-electron chi connectivity index (χ4n) is 3.28. The molecule has 124 valence electrons. The van der Waals surface area contributed by atoms with Gasteiger partial charge in [0.2, 0.25) is 0 Å². The van der Waals surface area contributed by atoms with E-state index in [0.717, 1.165) is 23.3 Å². The molecular weight excluding hydrogens is 306 g/mol. The van der Waals surface area contributed by atoms with Gasteiger partial charge in [0.1, 0.15) is 13.2 Å². The average molecular weight is 325 g/mol. The predicted molar refractivity (Wildman–Crippen MR) is 88.2 cm³/mol. The molecule has 0 radical (unpaired) electrons. The van der Waals surface area contributed by atoms with Crippen LogP contribution in [0.1, 0.15) is 16.7 Å². The first-order valence-electron chi connectivity index (χ1n) is 8.04. The third kappa shape index (κ3) is 2.66. The molecule has 0 saturated carbocycles. The first kappa shape index (κ1) is 14.9. The Labute approximate surface area is 140 Å². The van der Waals surface area contributed by atoms with Gasteiger partial charge in [0.25, 0.3) is 0 Å². The SMILES string of the molecule is COc1cc2c(cc1OCc1ccccc1)CN1C(=O)OCC1C2. The maximum absolute atomic E-state index is 11.8. The molecule has 2 heterocycles. The van der Waals surface area contributed by atoms with Crippen LogP contribution in [0, 0.1) is 0 Å². The zero-order valence-corrected chi connectivity index (χ0v) is 13.5. The lowest BCUT2D eigenvalue weighted by Gasteiger charge is -2.29. The third-order valence-corrected chi connectivity index (χ3v) is 4.59. The van der Waals surface area contributed by atoms with E-state index in [0.29, 0.717) is 25.5 Å². The number of nitrogens with zero attached hydrogens (tertiary/aromatic N) is 1. The molecule has 1 atom stereocenters. The molecule has 2 aromatic carbocycles. The summed E-state index contributed by atoms with van der Waals surface area (Å²) in [4.78, 5) is 13.6. The van der Waals surface area contributed by atoms with E-state index >= 15 is 0 Å². The second-order valence-corrected chi connectivity index (χ2v) is 6.11. The van der Waals surface area contributed by atoms with E-state index in [1.807, 2.05) is 42.5 Å².